The first-order valence-corrected chi connectivity index (χ1v) is 10.2. The zero-order chi connectivity index (χ0) is 17.1. The van der Waals surface area contributed by atoms with Gasteiger partial charge in [0.15, 0.2) is 0 Å². The molecule has 3 unspecified atom stereocenters. The van der Waals surface area contributed by atoms with Crippen molar-refractivity contribution in [3.05, 3.63) is 35.9 Å². The van der Waals surface area contributed by atoms with Crippen molar-refractivity contribution in [1.29, 1.82) is 0 Å². The van der Waals surface area contributed by atoms with Gasteiger partial charge in [-0.1, -0.05) is 37.3 Å². The Morgan fingerprint density at radius 3 is 2.36 bits per heavy atom. The van der Waals surface area contributed by atoms with Crippen LogP contribution in [0.4, 0.5) is 0 Å². The Hall–Kier alpha value is -0.940. The van der Waals surface area contributed by atoms with E-state index in [1.54, 1.807) is 0 Å². The van der Waals surface area contributed by atoms with Crippen LogP contribution in [-0.2, 0) is 11.3 Å². The van der Waals surface area contributed by atoms with Crippen molar-refractivity contribution in [1.82, 2.24) is 14.7 Å². The van der Waals surface area contributed by atoms with Gasteiger partial charge in [-0.3, -0.25) is 14.7 Å². The fraction of sp³-hybridized carbons (Fsp3) is 0.714. The van der Waals surface area contributed by atoms with Crippen molar-refractivity contribution >= 4 is 0 Å². The molecule has 4 rings (SSSR count). The minimum Gasteiger partial charge on any atom is -0.372 e. The molecule has 4 heteroatoms. The van der Waals surface area contributed by atoms with Gasteiger partial charge < -0.3 is 4.74 Å². The van der Waals surface area contributed by atoms with Crippen molar-refractivity contribution in [3.8, 4) is 0 Å². The summed E-state index contributed by atoms with van der Waals surface area (Å²) in [5, 5.41) is 0. The molecule has 1 aromatic carbocycles. The van der Waals surface area contributed by atoms with Gasteiger partial charge in [-0.05, 0) is 24.8 Å². The lowest BCUT2D eigenvalue weighted by molar-refractivity contribution is -0.0422. The van der Waals surface area contributed by atoms with Gasteiger partial charge in [0.1, 0.15) is 0 Å². The number of benzene rings is 1. The Bertz CT molecular complexity index is 525. The molecule has 1 aromatic rings. The molecular weight excluding hydrogens is 310 g/mol. The molecule has 3 aliphatic heterocycles. The molecule has 3 saturated heterocycles. The second-order valence-electron chi connectivity index (χ2n) is 8.04. The molecule has 3 atom stereocenters. The van der Waals surface area contributed by atoms with E-state index in [1.807, 2.05) is 0 Å². The highest BCUT2D eigenvalue weighted by molar-refractivity contribution is 5.14. The van der Waals surface area contributed by atoms with Crippen LogP contribution >= 0.6 is 0 Å². The highest BCUT2D eigenvalue weighted by Crippen LogP contribution is 2.26. The van der Waals surface area contributed by atoms with Gasteiger partial charge in [0.25, 0.3) is 0 Å². The van der Waals surface area contributed by atoms with Gasteiger partial charge in [-0.25, -0.2) is 0 Å². The number of ether oxygens (including phenoxy) is 1. The zero-order valence-electron chi connectivity index (χ0n) is 15.6. The van der Waals surface area contributed by atoms with E-state index in [2.05, 4.69) is 52.0 Å². The number of hydrogen-bond donors (Lipinski definition) is 0. The number of piperazine rings is 1. The smallest absolute Gasteiger partial charge is 0.0707 e. The maximum atomic E-state index is 5.96. The summed E-state index contributed by atoms with van der Waals surface area (Å²) in [6.45, 7) is 11.8. The molecular formula is C21H33N3O. The normalized spacial score (nSPS) is 31.5. The SMILES string of the molecule is CCC1CN(CCN2CC3CCC(C2)O3)CCN1Cc1ccccc1. The molecule has 3 heterocycles. The number of likely N-dealkylation sites (tertiary alicyclic amines) is 1. The molecule has 0 amide bonds. The molecule has 138 valence electrons. The number of rotatable bonds is 6. The van der Waals surface area contributed by atoms with Crippen LogP contribution < -0.4 is 0 Å². The Kier molecular flexibility index (Phi) is 5.71. The summed E-state index contributed by atoms with van der Waals surface area (Å²) in [6.07, 6.45) is 4.83. The second-order valence-corrected chi connectivity index (χ2v) is 8.04. The van der Waals surface area contributed by atoms with Crippen molar-refractivity contribution < 1.29 is 4.74 Å². The topological polar surface area (TPSA) is 19.0 Å². The Morgan fingerprint density at radius 1 is 0.920 bits per heavy atom. The summed E-state index contributed by atoms with van der Waals surface area (Å²) >= 11 is 0. The van der Waals surface area contributed by atoms with Crippen LogP contribution in [0.3, 0.4) is 0 Å². The highest BCUT2D eigenvalue weighted by Gasteiger charge is 2.34. The number of nitrogens with zero attached hydrogens (tertiary/aromatic N) is 3. The van der Waals surface area contributed by atoms with Crippen LogP contribution in [0, 0.1) is 0 Å². The van der Waals surface area contributed by atoms with E-state index in [0.717, 1.165) is 19.6 Å². The molecule has 3 aliphatic rings. The van der Waals surface area contributed by atoms with Gasteiger partial charge in [0, 0.05) is 58.4 Å². The number of morpholine rings is 1. The van der Waals surface area contributed by atoms with Crippen molar-refractivity contribution in [3.63, 3.8) is 0 Å². The van der Waals surface area contributed by atoms with E-state index < -0.39 is 0 Å². The lowest BCUT2D eigenvalue weighted by atomic mass is 10.1. The van der Waals surface area contributed by atoms with Crippen LogP contribution in [0.1, 0.15) is 31.7 Å². The maximum absolute atomic E-state index is 5.96. The molecule has 0 N–H and O–H groups in total. The van der Waals surface area contributed by atoms with Crippen LogP contribution in [0.25, 0.3) is 0 Å². The third-order valence-electron chi connectivity index (χ3n) is 6.24. The Labute approximate surface area is 152 Å². The number of hydrogen-bond acceptors (Lipinski definition) is 4. The number of fused-ring (bicyclic) bond motifs is 2. The second kappa shape index (κ2) is 8.17. The third-order valence-corrected chi connectivity index (χ3v) is 6.24. The molecule has 0 aliphatic carbocycles. The van der Waals surface area contributed by atoms with Crippen molar-refractivity contribution in [2.45, 2.75) is 51.0 Å². The average molecular weight is 344 g/mol. The van der Waals surface area contributed by atoms with Crippen molar-refractivity contribution in [2.75, 3.05) is 45.8 Å². The van der Waals surface area contributed by atoms with E-state index >= 15 is 0 Å². The minimum absolute atomic E-state index is 0.518. The van der Waals surface area contributed by atoms with E-state index in [1.165, 1.54) is 57.5 Å². The first kappa shape index (κ1) is 17.5. The van der Waals surface area contributed by atoms with Gasteiger partial charge in [-0.2, -0.15) is 0 Å². The zero-order valence-corrected chi connectivity index (χ0v) is 15.6. The van der Waals surface area contributed by atoms with E-state index in [-0.39, 0.29) is 0 Å². The van der Waals surface area contributed by atoms with Crippen LogP contribution in [0.5, 0.6) is 0 Å². The molecule has 0 radical (unpaired) electrons. The van der Waals surface area contributed by atoms with Gasteiger partial charge in [-0.15, -0.1) is 0 Å². The van der Waals surface area contributed by atoms with Crippen LogP contribution in [0.2, 0.25) is 0 Å². The predicted octanol–water partition coefficient (Wildman–Crippen LogP) is 2.45. The monoisotopic (exact) mass is 343 g/mol. The lowest BCUT2D eigenvalue weighted by Crippen LogP contribution is -2.54. The first-order valence-electron chi connectivity index (χ1n) is 10.2. The van der Waals surface area contributed by atoms with Gasteiger partial charge in [0.05, 0.1) is 12.2 Å². The Morgan fingerprint density at radius 2 is 1.64 bits per heavy atom. The van der Waals surface area contributed by atoms with Crippen molar-refractivity contribution in [2.24, 2.45) is 0 Å². The summed E-state index contributed by atoms with van der Waals surface area (Å²) in [5.41, 5.74) is 1.44. The van der Waals surface area contributed by atoms with E-state index in [0.29, 0.717) is 18.2 Å². The quantitative estimate of drug-likeness (QED) is 0.790. The van der Waals surface area contributed by atoms with Gasteiger partial charge in [0.2, 0.25) is 0 Å². The third kappa shape index (κ3) is 4.43. The van der Waals surface area contributed by atoms with Gasteiger partial charge >= 0.3 is 0 Å². The maximum Gasteiger partial charge on any atom is 0.0707 e. The summed E-state index contributed by atoms with van der Waals surface area (Å²) in [4.78, 5) is 8.01. The average Bonchev–Trinajstić information content (AvgIpc) is 3.00. The largest absolute Gasteiger partial charge is 0.372 e. The molecule has 0 spiro atoms. The molecule has 3 fully saturated rings. The van der Waals surface area contributed by atoms with E-state index in [9.17, 15) is 0 Å². The molecule has 0 saturated carbocycles. The lowest BCUT2D eigenvalue weighted by Gasteiger charge is -2.42. The fourth-order valence-corrected chi connectivity index (χ4v) is 4.74. The molecule has 4 nitrogen and oxygen atoms in total. The predicted molar refractivity (Wildman–Crippen MR) is 102 cm³/mol. The Balaban J connectivity index is 1.25. The summed E-state index contributed by atoms with van der Waals surface area (Å²) in [6, 6.07) is 11.6. The minimum atomic E-state index is 0.518. The van der Waals surface area contributed by atoms with Crippen LogP contribution in [-0.4, -0.2) is 78.8 Å². The summed E-state index contributed by atoms with van der Waals surface area (Å²) in [7, 11) is 0. The standard InChI is InChI=1S/C21H33N3O/c1-2-19-15-22(10-11-23-16-20-8-9-21(17-23)25-20)12-13-24(19)14-18-6-4-3-5-7-18/h3-7,19-21H,2,8-17H2,1H3. The first-order chi connectivity index (χ1) is 12.3. The fourth-order valence-electron chi connectivity index (χ4n) is 4.74. The summed E-state index contributed by atoms with van der Waals surface area (Å²) < 4.78 is 5.96. The molecule has 0 aromatic heterocycles. The molecule has 2 bridgehead atoms. The van der Waals surface area contributed by atoms with E-state index in [4.69, 9.17) is 4.74 Å². The summed E-state index contributed by atoms with van der Waals surface area (Å²) in [5.74, 6) is 0. The highest BCUT2D eigenvalue weighted by atomic mass is 16.5. The van der Waals surface area contributed by atoms with Crippen LogP contribution in [0.15, 0.2) is 30.3 Å². The molecule has 25 heavy (non-hydrogen) atoms.